The summed E-state index contributed by atoms with van der Waals surface area (Å²) < 4.78 is 7.01. The number of allylic oxidation sites excluding steroid dienone is 1. The number of amides is 4. The third kappa shape index (κ3) is 11.2. The molecule has 4 aromatic rings. The van der Waals surface area contributed by atoms with Crippen LogP contribution in [0.1, 0.15) is 77.3 Å². The Morgan fingerprint density at radius 1 is 0.705 bits per heavy atom. The van der Waals surface area contributed by atoms with Crippen LogP contribution in [0, 0.1) is 0 Å². The van der Waals surface area contributed by atoms with Gasteiger partial charge >= 0.3 is 0 Å². The number of rotatable bonds is 14. The van der Waals surface area contributed by atoms with Gasteiger partial charge in [-0.2, -0.15) is 0 Å². The van der Waals surface area contributed by atoms with Crippen molar-refractivity contribution in [3.8, 4) is 0 Å². The lowest BCUT2D eigenvalue weighted by Gasteiger charge is -2.44. The molecule has 2 heterocycles. The average Bonchev–Trinajstić information content (AvgIpc) is 3.27. The van der Waals surface area contributed by atoms with Crippen molar-refractivity contribution >= 4 is 48.1 Å². The summed E-state index contributed by atoms with van der Waals surface area (Å²) in [4.78, 5) is 72.0. The van der Waals surface area contributed by atoms with Crippen molar-refractivity contribution in [3.05, 3.63) is 145 Å². The van der Waals surface area contributed by atoms with Crippen molar-refractivity contribution in [1.82, 2.24) is 20.9 Å². The lowest BCUT2D eigenvalue weighted by atomic mass is 9.96. The molecule has 2 saturated heterocycles. The summed E-state index contributed by atoms with van der Waals surface area (Å²) >= 11 is 0. The molecule has 0 unspecified atom stereocenters. The monoisotopic (exact) mass is 840 g/mol. The van der Waals surface area contributed by atoms with Gasteiger partial charge in [0.15, 0.2) is 5.78 Å². The van der Waals surface area contributed by atoms with Crippen LogP contribution in [0.25, 0.3) is 0 Å². The predicted octanol–water partition coefficient (Wildman–Crippen LogP) is 5.58. The fourth-order valence-corrected chi connectivity index (χ4v) is 13.3. The zero-order valence-corrected chi connectivity index (χ0v) is 36.8. The Kier molecular flexibility index (Phi) is 15.3. The van der Waals surface area contributed by atoms with E-state index in [0.29, 0.717) is 25.8 Å². The summed E-state index contributed by atoms with van der Waals surface area (Å²) in [5, 5.41) is 10.8. The number of nitrogens with zero attached hydrogens (tertiary/aromatic N) is 1. The van der Waals surface area contributed by atoms with Crippen LogP contribution in [-0.4, -0.2) is 79.4 Å². The maximum Gasteiger partial charge on any atom is 0.262 e. The summed E-state index contributed by atoms with van der Waals surface area (Å²) in [5.74, 6) is -1.82. The van der Waals surface area contributed by atoms with Gasteiger partial charge in [0.1, 0.15) is 30.3 Å². The average molecular weight is 841 g/mol. The van der Waals surface area contributed by atoms with E-state index in [-0.39, 0.29) is 36.0 Å². The number of ketones is 1. The largest absolute Gasteiger partial charge is 0.397 e. The maximum absolute atomic E-state index is 14.3. The predicted molar refractivity (Wildman–Crippen MR) is 242 cm³/mol. The van der Waals surface area contributed by atoms with E-state index < -0.39 is 56.3 Å². The fraction of sp³-hybridized carbons (Fsp3) is 0.380. The fourth-order valence-electron chi connectivity index (χ4n) is 8.65. The number of piperidine rings is 1. The molecule has 3 N–H and O–H groups in total. The van der Waals surface area contributed by atoms with Gasteiger partial charge < -0.3 is 25.3 Å². The quantitative estimate of drug-likeness (QED) is 0.0863. The smallest absolute Gasteiger partial charge is 0.262 e. The molecule has 0 saturated carbocycles. The van der Waals surface area contributed by atoms with Gasteiger partial charge in [0, 0.05) is 19.4 Å². The first-order chi connectivity index (χ1) is 29.4. The highest BCUT2D eigenvalue weighted by Gasteiger charge is 2.51. The van der Waals surface area contributed by atoms with Crippen LogP contribution in [0.15, 0.2) is 133 Å². The van der Waals surface area contributed by atoms with E-state index in [0.717, 1.165) is 34.3 Å². The Balaban J connectivity index is 1.18. The Morgan fingerprint density at radius 3 is 1.75 bits per heavy atom. The molecule has 5 atom stereocenters. The molecule has 10 nitrogen and oxygen atoms in total. The van der Waals surface area contributed by atoms with Gasteiger partial charge in [0.2, 0.25) is 23.6 Å². The van der Waals surface area contributed by atoms with Crippen LogP contribution in [-0.2, 0) is 41.2 Å². The molecule has 2 aliphatic rings. The van der Waals surface area contributed by atoms with E-state index in [9.17, 15) is 24.0 Å². The molecular weight excluding hydrogens is 781 g/mol. The second-order valence-corrected chi connectivity index (χ2v) is 21.5. The molecule has 0 aromatic heterocycles. The molecule has 0 spiro atoms. The van der Waals surface area contributed by atoms with E-state index in [1.54, 1.807) is 17.1 Å². The highest BCUT2D eigenvalue weighted by atomic mass is 28.4. The number of unbranched alkanes of at least 4 members (excludes halogenated alkanes) is 1. The van der Waals surface area contributed by atoms with E-state index in [1.807, 2.05) is 104 Å². The Labute approximate surface area is 361 Å². The molecule has 4 aromatic carbocycles. The minimum absolute atomic E-state index is 0.160. The molecule has 61 heavy (non-hydrogen) atoms. The van der Waals surface area contributed by atoms with Crippen LogP contribution >= 0.6 is 0 Å². The standard InChI is InChI=1S/C50H60N4O6Si/c1-36(60-61(50(2,3)4,39-26-14-7-15-27-39)40-28-16-8-17-29-40)45(55)32-19-9-18-30-41-46(56)52-42(34-37-22-10-5-11-23-37)47(57)53-43(35-38-24-12-6-13-25-38)49(59)54-33-21-20-31-44(54)48(58)51-41/h5-8,10-17,19,22-29,32,36,41-44H,9,18,20-21,30-31,33-35H2,1-4H3,(H,51,58)(H,52,56)(H,53,57)/b32-19+/t36-,41-,42-,43-,44+/m0/s1. The Hall–Kier alpha value is -5.65. The number of benzene rings is 4. The molecule has 0 radical (unpaired) electrons. The summed E-state index contributed by atoms with van der Waals surface area (Å²) in [5.41, 5.74) is 1.70. The SMILES string of the molecule is C[C@H](O[Si](c1ccccc1)(c1ccccc1)C(C)(C)C)C(=O)/C=C/CCC[C@@H]1NC(=O)[C@H]2CCCCN2C(=O)[C@H](Cc2ccccc2)NC(=O)[C@H](Cc2ccccc2)NC1=O. The number of nitrogens with one attached hydrogen (secondary N) is 3. The lowest BCUT2D eigenvalue weighted by molar-refractivity contribution is -0.146. The first kappa shape index (κ1) is 44.9. The van der Waals surface area contributed by atoms with Crippen LogP contribution in [0.2, 0.25) is 5.04 Å². The van der Waals surface area contributed by atoms with Gasteiger partial charge in [-0.15, -0.1) is 0 Å². The summed E-state index contributed by atoms with van der Waals surface area (Å²) in [6, 6.07) is 35.5. The molecule has 0 aliphatic carbocycles. The first-order valence-corrected chi connectivity index (χ1v) is 23.6. The molecule has 4 amide bonds. The van der Waals surface area contributed by atoms with E-state index in [4.69, 9.17) is 4.43 Å². The van der Waals surface area contributed by atoms with Crippen LogP contribution in [0.5, 0.6) is 0 Å². The third-order valence-corrected chi connectivity index (χ3v) is 17.0. The highest BCUT2D eigenvalue weighted by molar-refractivity contribution is 6.99. The Bertz CT molecular complexity index is 2090. The van der Waals surface area contributed by atoms with E-state index >= 15 is 0 Å². The van der Waals surface area contributed by atoms with Gasteiger partial charge in [-0.25, -0.2) is 0 Å². The number of fused-ring (bicyclic) bond motifs is 1. The number of carbonyl (C=O) groups is 5. The minimum Gasteiger partial charge on any atom is -0.397 e. The summed E-state index contributed by atoms with van der Waals surface area (Å²) in [7, 11) is -2.96. The molecular formula is C50H60N4O6Si. The zero-order valence-electron chi connectivity index (χ0n) is 35.8. The summed E-state index contributed by atoms with van der Waals surface area (Å²) in [6.07, 6.45) is 6.17. The topological polar surface area (TPSA) is 134 Å². The Morgan fingerprint density at radius 2 is 1.20 bits per heavy atom. The second kappa shape index (κ2) is 20.7. The van der Waals surface area contributed by atoms with Gasteiger partial charge in [0.05, 0.1) is 0 Å². The number of hydrogen-bond donors (Lipinski definition) is 3. The van der Waals surface area contributed by atoms with Crippen LogP contribution in [0.4, 0.5) is 0 Å². The van der Waals surface area contributed by atoms with E-state index in [2.05, 4.69) is 61.0 Å². The third-order valence-electron chi connectivity index (χ3n) is 11.9. The van der Waals surface area contributed by atoms with Crippen molar-refractivity contribution in [3.63, 3.8) is 0 Å². The van der Waals surface area contributed by atoms with Gasteiger partial charge in [-0.3, -0.25) is 24.0 Å². The van der Waals surface area contributed by atoms with Crippen molar-refractivity contribution < 1.29 is 28.4 Å². The van der Waals surface area contributed by atoms with E-state index in [1.165, 1.54) is 0 Å². The van der Waals surface area contributed by atoms with Crippen molar-refractivity contribution in [2.45, 2.75) is 114 Å². The van der Waals surface area contributed by atoms with Crippen molar-refractivity contribution in [2.24, 2.45) is 0 Å². The molecule has 2 fully saturated rings. The molecule has 6 rings (SSSR count). The molecule has 2 aliphatic heterocycles. The zero-order chi connectivity index (χ0) is 43.4. The maximum atomic E-state index is 14.3. The van der Waals surface area contributed by atoms with Crippen LogP contribution < -0.4 is 26.3 Å². The first-order valence-electron chi connectivity index (χ1n) is 21.7. The molecule has 320 valence electrons. The molecule has 11 heteroatoms. The highest BCUT2D eigenvalue weighted by Crippen LogP contribution is 2.37. The summed E-state index contributed by atoms with van der Waals surface area (Å²) in [6.45, 7) is 8.70. The normalized spacial score (nSPS) is 21.0. The second-order valence-electron chi connectivity index (χ2n) is 17.3. The molecule has 0 bridgehead atoms. The van der Waals surface area contributed by atoms with Gasteiger partial charge in [-0.05, 0) is 78.1 Å². The van der Waals surface area contributed by atoms with Crippen molar-refractivity contribution in [2.75, 3.05) is 6.54 Å². The number of carbonyl (C=O) groups excluding carboxylic acids is 5. The van der Waals surface area contributed by atoms with Crippen molar-refractivity contribution in [1.29, 1.82) is 0 Å². The van der Waals surface area contributed by atoms with Gasteiger partial charge in [-0.1, -0.05) is 148 Å². The van der Waals surface area contributed by atoms with Crippen LogP contribution in [0.3, 0.4) is 0 Å². The van der Waals surface area contributed by atoms with Gasteiger partial charge in [0.25, 0.3) is 8.32 Å². The minimum atomic E-state index is -2.96. The lowest BCUT2D eigenvalue weighted by Crippen LogP contribution is -2.68. The number of hydrogen-bond acceptors (Lipinski definition) is 6.